The Morgan fingerprint density at radius 2 is 2.05 bits per heavy atom. The van der Waals surface area contributed by atoms with E-state index in [9.17, 15) is 0 Å². The van der Waals surface area contributed by atoms with Crippen LogP contribution < -0.4 is 10.2 Å². The predicted molar refractivity (Wildman–Crippen MR) is 86.2 cm³/mol. The molecule has 1 fully saturated rings. The molecule has 0 spiro atoms. The smallest absolute Gasteiger partial charge is 0.128 e. The summed E-state index contributed by atoms with van der Waals surface area (Å²) in [6, 6.07) is 4.77. The second-order valence-electron chi connectivity index (χ2n) is 6.38. The quantitative estimate of drug-likeness (QED) is 0.886. The van der Waals surface area contributed by atoms with Crippen LogP contribution in [0.5, 0.6) is 0 Å². The minimum Gasteiger partial charge on any atom is -0.357 e. The van der Waals surface area contributed by atoms with Crippen LogP contribution in [0.4, 0.5) is 5.82 Å². The number of nitrogens with one attached hydrogen (secondary N) is 1. The molecule has 1 N–H and O–H groups in total. The molecule has 1 saturated heterocycles. The number of nitrogens with zero attached hydrogens (tertiary/aromatic N) is 2. The third kappa shape index (κ3) is 3.51. The summed E-state index contributed by atoms with van der Waals surface area (Å²) in [5.74, 6) is 1.14. The fourth-order valence-electron chi connectivity index (χ4n) is 2.93. The molecule has 1 aliphatic heterocycles. The Balaban J connectivity index is 2.05. The summed E-state index contributed by atoms with van der Waals surface area (Å²) in [4.78, 5) is 7.02. The van der Waals surface area contributed by atoms with Gasteiger partial charge in [-0.15, -0.1) is 0 Å². The van der Waals surface area contributed by atoms with Gasteiger partial charge in [-0.2, -0.15) is 0 Å². The highest BCUT2D eigenvalue weighted by Crippen LogP contribution is 2.35. The number of pyridine rings is 1. The van der Waals surface area contributed by atoms with Crippen molar-refractivity contribution in [1.29, 1.82) is 0 Å². The number of rotatable bonds is 5. The highest BCUT2D eigenvalue weighted by atomic mass is 15.2. The van der Waals surface area contributed by atoms with Crippen molar-refractivity contribution in [2.75, 3.05) is 24.5 Å². The van der Waals surface area contributed by atoms with E-state index in [1.807, 2.05) is 6.20 Å². The van der Waals surface area contributed by atoms with E-state index >= 15 is 0 Å². The minimum absolute atomic E-state index is 0.396. The first kappa shape index (κ1) is 15.3. The lowest BCUT2D eigenvalue weighted by atomic mass is 9.78. The van der Waals surface area contributed by atoms with Gasteiger partial charge in [-0.1, -0.05) is 27.2 Å². The molecule has 0 aromatic carbocycles. The van der Waals surface area contributed by atoms with Gasteiger partial charge in [-0.3, -0.25) is 0 Å². The Morgan fingerprint density at radius 3 is 2.65 bits per heavy atom. The average Bonchev–Trinajstić information content (AvgIpc) is 2.48. The molecule has 3 heteroatoms. The molecule has 0 amide bonds. The number of hydrogen-bond donors (Lipinski definition) is 1. The lowest BCUT2D eigenvalue weighted by molar-refractivity contribution is 0.238. The summed E-state index contributed by atoms with van der Waals surface area (Å²) < 4.78 is 0. The lowest BCUT2D eigenvalue weighted by Crippen LogP contribution is -2.38. The Kier molecular flexibility index (Phi) is 5.03. The molecule has 1 aromatic heterocycles. The Morgan fingerprint density at radius 1 is 1.35 bits per heavy atom. The molecule has 0 radical (unpaired) electrons. The van der Waals surface area contributed by atoms with Gasteiger partial charge in [-0.25, -0.2) is 4.98 Å². The van der Waals surface area contributed by atoms with Crippen LogP contribution in [-0.4, -0.2) is 24.6 Å². The molecule has 1 aliphatic rings. The number of piperidine rings is 1. The normalized spacial score (nSPS) is 19.9. The maximum atomic E-state index is 4.58. The van der Waals surface area contributed by atoms with Crippen LogP contribution in [0.1, 0.15) is 58.6 Å². The molecule has 1 atom stereocenters. The first-order chi connectivity index (χ1) is 9.58. The van der Waals surface area contributed by atoms with Gasteiger partial charge >= 0.3 is 0 Å². The van der Waals surface area contributed by atoms with Gasteiger partial charge in [0.05, 0.1) is 0 Å². The van der Waals surface area contributed by atoms with Crippen LogP contribution in [0, 0.1) is 5.41 Å². The Labute approximate surface area is 123 Å². The van der Waals surface area contributed by atoms with E-state index in [-0.39, 0.29) is 0 Å². The molecule has 2 rings (SSSR count). The molecule has 112 valence electrons. The number of aromatic nitrogens is 1. The summed E-state index contributed by atoms with van der Waals surface area (Å²) in [6.45, 7) is 12.4. The van der Waals surface area contributed by atoms with Crippen LogP contribution in [-0.2, 0) is 0 Å². The molecule has 0 bridgehead atoms. The standard InChI is InChI=1S/C17H29N3/c1-5-17(4)8-11-20(12-9-17)16-13-15(7-10-19-16)14(3)18-6-2/h7,10,13-14,18H,5-6,8-9,11-12H2,1-4H3. The zero-order chi connectivity index (χ0) is 14.6. The van der Waals surface area contributed by atoms with Gasteiger partial charge < -0.3 is 10.2 Å². The molecule has 20 heavy (non-hydrogen) atoms. The third-order valence-corrected chi connectivity index (χ3v) is 4.93. The van der Waals surface area contributed by atoms with Crippen molar-refractivity contribution in [2.45, 2.75) is 53.0 Å². The third-order valence-electron chi connectivity index (χ3n) is 4.93. The van der Waals surface area contributed by atoms with Crippen LogP contribution in [0.3, 0.4) is 0 Å². The molecule has 1 aromatic rings. The molecule has 1 unspecified atom stereocenters. The highest BCUT2D eigenvalue weighted by Gasteiger charge is 2.28. The number of anilines is 1. The van der Waals surface area contributed by atoms with Gasteiger partial charge in [0.1, 0.15) is 5.82 Å². The van der Waals surface area contributed by atoms with E-state index in [2.05, 4.69) is 55.0 Å². The van der Waals surface area contributed by atoms with Crippen LogP contribution in [0.15, 0.2) is 18.3 Å². The Hall–Kier alpha value is -1.09. The largest absolute Gasteiger partial charge is 0.357 e. The summed E-state index contributed by atoms with van der Waals surface area (Å²) in [5.41, 5.74) is 1.87. The van der Waals surface area contributed by atoms with Crippen molar-refractivity contribution >= 4 is 5.82 Å². The molecule has 0 aliphatic carbocycles. The van der Waals surface area contributed by atoms with E-state index in [0.717, 1.165) is 25.5 Å². The second kappa shape index (κ2) is 6.57. The van der Waals surface area contributed by atoms with E-state index in [0.29, 0.717) is 11.5 Å². The van der Waals surface area contributed by atoms with Gasteiger partial charge in [0.25, 0.3) is 0 Å². The van der Waals surface area contributed by atoms with Crippen molar-refractivity contribution in [2.24, 2.45) is 5.41 Å². The summed E-state index contributed by atoms with van der Waals surface area (Å²) in [5, 5.41) is 3.47. The van der Waals surface area contributed by atoms with Crippen molar-refractivity contribution < 1.29 is 0 Å². The van der Waals surface area contributed by atoms with E-state index < -0.39 is 0 Å². The first-order valence-electron chi connectivity index (χ1n) is 8.02. The maximum Gasteiger partial charge on any atom is 0.128 e. The van der Waals surface area contributed by atoms with Crippen molar-refractivity contribution in [3.8, 4) is 0 Å². The van der Waals surface area contributed by atoms with E-state index in [4.69, 9.17) is 0 Å². The number of hydrogen-bond acceptors (Lipinski definition) is 3. The summed E-state index contributed by atoms with van der Waals surface area (Å²) >= 11 is 0. The SMILES string of the molecule is CCNC(C)c1ccnc(N2CCC(C)(CC)CC2)c1. The molecular formula is C17H29N3. The maximum absolute atomic E-state index is 4.58. The van der Waals surface area contributed by atoms with E-state index in [1.54, 1.807) is 0 Å². The molecule has 2 heterocycles. The molecule has 0 saturated carbocycles. The van der Waals surface area contributed by atoms with Crippen LogP contribution >= 0.6 is 0 Å². The fourth-order valence-corrected chi connectivity index (χ4v) is 2.93. The van der Waals surface area contributed by atoms with Crippen molar-refractivity contribution in [1.82, 2.24) is 10.3 Å². The lowest BCUT2D eigenvalue weighted by Gasteiger charge is -2.39. The zero-order valence-corrected chi connectivity index (χ0v) is 13.4. The second-order valence-corrected chi connectivity index (χ2v) is 6.38. The first-order valence-corrected chi connectivity index (χ1v) is 8.02. The average molecular weight is 275 g/mol. The zero-order valence-electron chi connectivity index (χ0n) is 13.4. The monoisotopic (exact) mass is 275 g/mol. The van der Waals surface area contributed by atoms with Gasteiger partial charge in [0.15, 0.2) is 0 Å². The Bertz CT molecular complexity index is 422. The molecular weight excluding hydrogens is 246 g/mol. The predicted octanol–water partition coefficient (Wildman–Crippen LogP) is 3.77. The minimum atomic E-state index is 0.396. The topological polar surface area (TPSA) is 28.2 Å². The fraction of sp³-hybridized carbons (Fsp3) is 0.706. The highest BCUT2D eigenvalue weighted by molar-refractivity contribution is 5.42. The van der Waals surface area contributed by atoms with Gasteiger partial charge in [0.2, 0.25) is 0 Å². The van der Waals surface area contributed by atoms with Crippen molar-refractivity contribution in [3.05, 3.63) is 23.9 Å². The van der Waals surface area contributed by atoms with Gasteiger partial charge in [-0.05, 0) is 49.4 Å². The van der Waals surface area contributed by atoms with E-state index in [1.165, 1.54) is 24.8 Å². The molecule has 3 nitrogen and oxygen atoms in total. The summed E-state index contributed by atoms with van der Waals surface area (Å²) in [7, 11) is 0. The summed E-state index contributed by atoms with van der Waals surface area (Å²) in [6.07, 6.45) is 5.79. The van der Waals surface area contributed by atoms with Crippen molar-refractivity contribution in [3.63, 3.8) is 0 Å². The van der Waals surface area contributed by atoms with Gasteiger partial charge in [0, 0.05) is 25.3 Å². The van der Waals surface area contributed by atoms with Crippen LogP contribution in [0.25, 0.3) is 0 Å². The van der Waals surface area contributed by atoms with Crippen LogP contribution in [0.2, 0.25) is 0 Å².